The second-order valence-corrected chi connectivity index (χ2v) is 6.19. The molecule has 2 amide bonds. The van der Waals surface area contributed by atoms with Gasteiger partial charge < -0.3 is 20.1 Å². The molecule has 6 nitrogen and oxygen atoms in total. The lowest BCUT2D eigenvalue weighted by molar-refractivity contribution is 0.0880. The summed E-state index contributed by atoms with van der Waals surface area (Å²) in [5.41, 5.74) is 1.49. The summed E-state index contributed by atoms with van der Waals surface area (Å²) in [5.74, 6) is 0.175. The van der Waals surface area contributed by atoms with Crippen molar-refractivity contribution in [2.24, 2.45) is 0 Å². The Morgan fingerprint density at radius 1 is 0.655 bits per heavy atom. The number of carbonyl (C=O) groups is 2. The molecular formula is C23H22N2O4. The van der Waals surface area contributed by atoms with Gasteiger partial charge in [0.2, 0.25) is 0 Å². The summed E-state index contributed by atoms with van der Waals surface area (Å²) < 4.78 is 10.5. The van der Waals surface area contributed by atoms with Crippen molar-refractivity contribution < 1.29 is 19.1 Å². The van der Waals surface area contributed by atoms with Crippen LogP contribution in [0.15, 0.2) is 78.9 Å². The Balaban J connectivity index is 1.88. The second kappa shape index (κ2) is 9.41. The molecule has 0 bridgehead atoms. The fourth-order valence-corrected chi connectivity index (χ4v) is 2.93. The van der Waals surface area contributed by atoms with Crippen molar-refractivity contribution >= 4 is 11.8 Å². The molecule has 0 aliphatic heterocycles. The minimum atomic E-state index is -0.744. The monoisotopic (exact) mass is 390 g/mol. The lowest BCUT2D eigenvalue weighted by Gasteiger charge is -2.22. The van der Waals surface area contributed by atoms with E-state index in [2.05, 4.69) is 10.6 Å². The number of ether oxygens (including phenoxy) is 2. The molecule has 0 fully saturated rings. The first-order chi connectivity index (χ1) is 14.1. The summed E-state index contributed by atoms with van der Waals surface area (Å²) in [5, 5.41) is 5.74. The van der Waals surface area contributed by atoms with Crippen molar-refractivity contribution in [3.63, 3.8) is 0 Å². The number of para-hydroxylation sites is 2. The average Bonchev–Trinajstić information content (AvgIpc) is 2.78. The van der Waals surface area contributed by atoms with Gasteiger partial charge in [0, 0.05) is 0 Å². The van der Waals surface area contributed by atoms with Crippen molar-refractivity contribution in [2.75, 3.05) is 14.2 Å². The average molecular weight is 390 g/mol. The van der Waals surface area contributed by atoms with Crippen LogP contribution in [0.4, 0.5) is 0 Å². The van der Waals surface area contributed by atoms with Crippen molar-refractivity contribution in [3.8, 4) is 11.5 Å². The predicted octanol–water partition coefficient (Wildman–Crippen LogP) is 3.56. The standard InChI is InChI=1S/C23H22N2O4/c1-28-19-14-8-6-12-17(19)22(26)24-21(16-10-4-3-5-11-16)25-23(27)18-13-7-9-15-20(18)29-2/h3-15,21H,1-2H3,(H,24,26)(H,25,27). The van der Waals surface area contributed by atoms with Crippen LogP contribution >= 0.6 is 0 Å². The highest BCUT2D eigenvalue weighted by Crippen LogP contribution is 2.21. The van der Waals surface area contributed by atoms with E-state index in [9.17, 15) is 9.59 Å². The Kier molecular flexibility index (Phi) is 6.47. The molecule has 0 unspecified atom stereocenters. The zero-order valence-corrected chi connectivity index (χ0v) is 16.2. The molecule has 148 valence electrons. The highest BCUT2D eigenvalue weighted by atomic mass is 16.5. The van der Waals surface area contributed by atoms with Gasteiger partial charge in [-0.25, -0.2) is 0 Å². The highest BCUT2D eigenvalue weighted by Gasteiger charge is 2.21. The van der Waals surface area contributed by atoms with Crippen LogP contribution in [0.2, 0.25) is 0 Å². The van der Waals surface area contributed by atoms with Crippen LogP contribution in [-0.2, 0) is 0 Å². The van der Waals surface area contributed by atoms with Gasteiger partial charge in [0.15, 0.2) is 0 Å². The van der Waals surface area contributed by atoms with Crippen LogP contribution in [0, 0.1) is 0 Å². The van der Waals surface area contributed by atoms with Crippen LogP contribution in [0.5, 0.6) is 11.5 Å². The van der Waals surface area contributed by atoms with Crippen LogP contribution in [0.25, 0.3) is 0 Å². The van der Waals surface area contributed by atoms with E-state index in [0.29, 0.717) is 22.6 Å². The van der Waals surface area contributed by atoms with E-state index in [1.807, 2.05) is 30.3 Å². The Bertz CT molecular complexity index is 927. The SMILES string of the molecule is COc1ccccc1C(=O)NC(NC(=O)c1ccccc1OC)c1ccccc1. The highest BCUT2D eigenvalue weighted by molar-refractivity contribution is 5.99. The van der Waals surface area contributed by atoms with Gasteiger partial charge >= 0.3 is 0 Å². The van der Waals surface area contributed by atoms with Crippen molar-refractivity contribution in [2.45, 2.75) is 6.17 Å². The third kappa shape index (κ3) is 4.73. The van der Waals surface area contributed by atoms with E-state index in [0.717, 1.165) is 5.56 Å². The van der Waals surface area contributed by atoms with Gasteiger partial charge in [-0.2, -0.15) is 0 Å². The Hall–Kier alpha value is -3.80. The molecule has 0 saturated heterocycles. The van der Waals surface area contributed by atoms with Crippen molar-refractivity contribution in [3.05, 3.63) is 95.6 Å². The fourth-order valence-electron chi connectivity index (χ4n) is 2.93. The van der Waals surface area contributed by atoms with Crippen LogP contribution in [0.1, 0.15) is 32.4 Å². The summed E-state index contributed by atoms with van der Waals surface area (Å²) in [6.07, 6.45) is -0.744. The Morgan fingerprint density at radius 2 is 1.07 bits per heavy atom. The van der Waals surface area contributed by atoms with Crippen molar-refractivity contribution in [1.82, 2.24) is 10.6 Å². The Morgan fingerprint density at radius 3 is 1.52 bits per heavy atom. The number of benzene rings is 3. The van der Waals surface area contributed by atoms with E-state index < -0.39 is 6.17 Å². The summed E-state index contributed by atoms with van der Waals surface area (Å²) >= 11 is 0. The number of amides is 2. The molecule has 2 N–H and O–H groups in total. The van der Waals surface area contributed by atoms with Crippen molar-refractivity contribution in [1.29, 1.82) is 0 Å². The molecule has 0 spiro atoms. The summed E-state index contributed by atoms with van der Waals surface area (Å²) in [6.45, 7) is 0. The third-order valence-electron chi connectivity index (χ3n) is 4.39. The zero-order chi connectivity index (χ0) is 20.6. The largest absolute Gasteiger partial charge is 0.496 e. The van der Waals surface area contributed by atoms with E-state index in [4.69, 9.17) is 9.47 Å². The van der Waals surface area contributed by atoms with Gasteiger partial charge in [-0.05, 0) is 29.8 Å². The van der Waals surface area contributed by atoms with Gasteiger partial charge in [0.1, 0.15) is 17.7 Å². The lowest BCUT2D eigenvalue weighted by Crippen LogP contribution is -2.41. The maximum atomic E-state index is 12.9. The molecular weight excluding hydrogens is 368 g/mol. The molecule has 0 heterocycles. The summed E-state index contributed by atoms with van der Waals surface area (Å²) in [7, 11) is 3.01. The van der Waals surface area contributed by atoms with Gasteiger partial charge in [0.05, 0.1) is 25.3 Å². The molecule has 0 radical (unpaired) electrons. The van der Waals surface area contributed by atoms with Gasteiger partial charge in [-0.15, -0.1) is 0 Å². The number of methoxy groups -OCH3 is 2. The number of nitrogens with one attached hydrogen (secondary N) is 2. The third-order valence-corrected chi connectivity index (χ3v) is 4.39. The smallest absolute Gasteiger partial charge is 0.256 e. The number of hydrogen-bond donors (Lipinski definition) is 2. The molecule has 0 saturated carbocycles. The molecule has 3 rings (SSSR count). The van der Waals surface area contributed by atoms with E-state index in [1.54, 1.807) is 48.5 Å². The number of hydrogen-bond acceptors (Lipinski definition) is 4. The maximum Gasteiger partial charge on any atom is 0.256 e. The maximum absolute atomic E-state index is 12.9. The summed E-state index contributed by atoms with van der Waals surface area (Å²) in [4.78, 5) is 25.8. The van der Waals surface area contributed by atoms with E-state index in [-0.39, 0.29) is 11.8 Å². The zero-order valence-electron chi connectivity index (χ0n) is 16.2. The number of carbonyl (C=O) groups excluding carboxylic acids is 2. The van der Waals surface area contributed by atoms with Crippen LogP contribution < -0.4 is 20.1 Å². The molecule has 3 aromatic carbocycles. The molecule has 3 aromatic rings. The molecule has 0 aliphatic rings. The minimum absolute atomic E-state index is 0.364. The molecule has 0 aliphatic carbocycles. The molecule has 0 aromatic heterocycles. The molecule has 29 heavy (non-hydrogen) atoms. The Labute approximate surface area is 169 Å². The molecule has 0 atom stereocenters. The lowest BCUT2D eigenvalue weighted by atomic mass is 10.1. The first-order valence-electron chi connectivity index (χ1n) is 9.06. The van der Waals surface area contributed by atoms with Gasteiger partial charge in [-0.1, -0.05) is 54.6 Å². The first-order valence-corrected chi connectivity index (χ1v) is 9.06. The van der Waals surface area contributed by atoms with Crippen LogP contribution in [-0.4, -0.2) is 26.0 Å². The molecule has 6 heteroatoms. The summed E-state index contributed by atoms with van der Waals surface area (Å²) in [6, 6.07) is 23.0. The van der Waals surface area contributed by atoms with E-state index in [1.165, 1.54) is 14.2 Å². The normalized spacial score (nSPS) is 10.3. The van der Waals surface area contributed by atoms with Gasteiger partial charge in [0.25, 0.3) is 11.8 Å². The van der Waals surface area contributed by atoms with Gasteiger partial charge in [-0.3, -0.25) is 9.59 Å². The van der Waals surface area contributed by atoms with E-state index >= 15 is 0 Å². The van der Waals surface area contributed by atoms with Crippen LogP contribution in [0.3, 0.4) is 0 Å². The fraction of sp³-hybridized carbons (Fsp3) is 0.130. The minimum Gasteiger partial charge on any atom is -0.496 e. The predicted molar refractivity (Wildman–Crippen MR) is 110 cm³/mol. The second-order valence-electron chi connectivity index (χ2n) is 6.19. The number of rotatable bonds is 7. The topological polar surface area (TPSA) is 76.7 Å². The quantitative estimate of drug-likeness (QED) is 0.605. The first kappa shape index (κ1) is 19.9.